The zero-order chi connectivity index (χ0) is 16.5. The van der Waals surface area contributed by atoms with Crippen molar-refractivity contribution in [3.05, 3.63) is 54.1 Å². The summed E-state index contributed by atoms with van der Waals surface area (Å²) in [5.41, 5.74) is 2.29. The van der Waals surface area contributed by atoms with Gasteiger partial charge in [0.25, 0.3) is 0 Å². The van der Waals surface area contributed by atoms with Crippen molar-refractivity contribution in [1.82, 2.24) is 14.5 Å². The Labute approximate surface area is 142 Å². The summed E-state index contributed by atoms with van der Waals surface area (Å²) >= 11 is 0. The van der Waals surface area contributed by atoms with Crippen LogP contribution in [0.3, 0.4) is 0 Å². The molecular formula is C19H23N3O2. The molecule has 1 aliphatic carbocycles. The first-order chi connectivity index (χ1) is 11.7. The summed E-state index contributed by atoms with van der Waals surface area (Å²) in [5.74, 6) is 1.03. The van der Waals surface area contributed by atoms with E-state index >= 15 is 0 Å². The van der Waals surface area contributed by atoms with Crippen LogP contribution in [-0.2, 0) is 29.2 Å². The average molecular weight is 325 g/mol. The van der Waals surface area contributed by atoms with Crippen molar-refractivity contribution in [1.29, 1.82) is 0 Å². The Kier molecular flexibility index (Phi) is 4.10. The van der Waals surface area contributed by atoms with Crippen molar-refractivity contribution in [3.63, 3.8) is 0 Å². The summed E-state index contributed by atoms with van der Waals surface area (Å²) in [7, 11) is 0. The molecule has 5 nitrogen and oxygen atoms in total. The minimum atomic E-state index is 0.00446. The molecule has 0 aromatic carbocycles. The van der Waals surface area contributed by atoms with Crippen molar-refractivity contribution in [2.24, 2.45) is 11.8 Å². The maximum atomic E-state index is 12.7. The van der Waals surface area contributed by atoms with Crippen LogP contribution in [0.4, 0.5) is 0 Å². The third kappa shape index (κ3) is 3.22. The van der Waals surface area contributed by atoms with Crippen LogP contribution in [0.1, 0.15) is 24.6 Å². The van der Waals surface area contributed by atoms with Gasteiger partial charge in [-0.05, 0) is 42.2 Å². The van der Waals surface area contributed by atoms with E-state index in [0.717, 1.165) is 18.5 Å². The highest BCUT2D eigenvalue weighted by molar-refractivity contribution is 5.81. The number of nitrogens with zero attached hydrogens (tertiary/aromatic N) is 3. The molecule has 0 bridgehead atoms. The molecule has 2 aromatic rings. The van der Waals surface area contributed by atoms with Crippen LogP contribution in [0.25, 0.3) is 0 Å². The van der Waals surface area contributed by atoms with Crippen LogP contribution in [-0.4, -0.2) is 33.0 Å². The number of carbonyl (C=O) groups excluding carboxylic acids is 1. The van der Waals surface area contributed by atoms with E-state index < -0.39 is 0 Å². The second kappa shape index (κ2) is 6.40. The zero-order valence-electron chi connectivity index (χ0n) is 14.0. The van der Waals surface area contributed by atoms with E-state index in [1.54, 1.807) is 12.4 Å². The average Bonchev–Trinajstić information content (AvgIpc) is 3.23. The van der Waals surface area contributed by atoms with Gasteiger partial charge < -0.3 is 14.2 Å². The van der Waals surface area contributed by atoms with Crippen molar-refractivity contribution in [2.75, 3.05) is 6.54 Å². The van der Waals surface area contributed by atoms with Crippen LogP contribution >= 0.6 is 0 Å². The van der Waals surface area contributed by atoms with E-state index in [4.69, 9.17) is 4.74 Å². The molecule has 2 aromatic heterocycles. The number of ether oxygens (including phenoxy) is 1. The lowest BCUT2D eigenvalue weighted by Gasteiger charge is -2.24. The summed E-state index contributed by atoms with van der Waals surface area (Å²) in [6, 6.07) is 8.07. The van der Waals surface area contributed by atoms with Crippen LogP contribution in [0.2, 0.25) is 0 Å². The summed E-state index contributed by atoms with van der Waals surface area (Å²) in [6.45, 7) is 4.84. The monoisotopic (exact) mass is 325 g/mol. The zero-order valence-corrected chi connectivity index (χ0v) is 14.0. The second-order valence-electron chi connectivity index (χ2n) is 6.98. The number of fused-ring (bicyclic) bond motifs is 1. The smallest absolute Gasteiger partial charge is 0.226 e. The minimum Gasteiger partial charge on any atom is -0.370 e. The van der Waals surface area contributed by atoms with Gasteiger partial charge in [-0.25, -0.2) is 0 Å². The summed E-state index contributed by atoms with van der Waals surface area (Å²) in [4.78, 5) is 18.8. The van der Waals surface area contributed by atoms with E-state index in [0.29, 0.717) is 25.6 Å². The van der Waals surface area contributed by atoms with Gasteiger partial charge in [0, 0.05) is 36.7 Å². The molecule has 1 aliphatic heterocycles. The molecule has 24 heavy (non-hydrogen) atoms. The standard InChI is InChI=1S/C19H23N3O2/c1-14-9-18(14)19(23)22-10-16-3-2-8-21(16)11-17(12-22)24-13-15-4-6-20-7-5-15/h2-8,14,17-18H,9-13H2,1H3. The van der Waals surface area contributed by atoms with Gasteiger partial charge in [0.1, 0.15) is 0 Å². The lowest BCUT2D eigenvalue weighted by atomic mass is 10.2. The van der Waals surface area contributed by atoms with Gasteiger partial charge in [0.2, 0.25) is 5.91 Å². The number of rotatable bonds is 4. The first kappa shape index (κ1) is 15.4. The van der Waals surface area contributed by atoms with E-state index in [-0.39, 0.29) is 17.9 Å². The molecule has 3 unspecified atom stereocenters. The number of aromatic nitrogens is 2. The molecule has 3 heterocycles. The number of hydrogen-bond donors (Lipinski definition) is 0. The fourth-order valence-corrected chi connectivity index (χ4v) is 3.42. The van der Waals surface area contributed by atoms with Gasteiger partial charge in [0.15, 0.2) is 0 Å². The van der Waals surface area contributed by atoms with Crippen molar-refractivity contribution in [2.45, 2.75) is 39.1 Å². The quantitative estimate of drug-likeness (QED) is 0.867. The van der Waals surface area contributed by atoms with E-state index in [2.05, 4.69) is 28.7 Å². The molecule has 3 atom stereocenters. The molecule has 0 N–H and O–H groups in total. The van der Waals surface area contributed by atoms with Gasteiger partial charge in [-0.1, -0.05) is 6.92 Å². The highest BCUT2D eigenvalue weighted by Crippen LogP contribution is 2.39. The highest BCUT2D eigenvalue weighted by atomic mass is 16.5. The molecule has 1 saturated carbocycles. The summed E-state index contributed by atoms with van der Waals surface area (Å²) in [6.07, 6.45) is 6.66. The SMILES string of the molecule is CC1CC1C(=O)N1Cc2cccn2CC(OCc2ccncc2)C1. The van der Waals surface area contributed by atoms with Gasteiger partial charge in [-0.2, -0.15) is 0 Å². The number of carbonyl (C=O) groups is 1. The summed E-state index contributed by atoms with van der Waals surface area (Å²) in [5, 5.41) is 0. The molecule has 0 radical (unpaired) electrons. The molecule has 0 spiro atoms. The first-order valence-corrected chi connectivity index (χ1v) is 8.64. The third-order valence-corrected chi connectivity index (χ3v) is 5.07. The van der Waals surface area contributed by atoms with Crippen molar-refractivity contribution < 1.29 is 9.53 Å². The fourth-order valence-electron chi connectivity index (χ4n) is 3.42. The number of amides is 1. The molecule has 1 amide bonds. The first-order valence-electron chi connectivity index (χ1n) is 8.64. The Bertz CT molecular complexity index is 712. The normalized spacial score (nSPS) is 25.9. The van der Waals surface area contributed by atoms with Crippen LogP contribution < -0.4 is 0 Å². The molecule has 4 rings (SSSR count). The Balaban J connectivity index is 1.48. The predicted octanol–water partition coefficient (Wildman–Crippen LogP) is 2.47. The predicted molar refractivity (Wildman–Crippen MR) is 89.9 cm³/mol. The maximum absolute atomic E-state index is 12.7. The topological polar surface area (TPSA) is 47.4 Å². The van der Waals surface area contributed by atoms with Gasteiger partial charge in [-0.3, -0.25) is 9.78 Å². The number of hydrogen-bond acceptors (Lipinski definition) is 3. The van der Waals surface area contributed by atoms with E-state index in [1.165, 1.54) is 5.69 Å². The third-order valence-electron chi connectivity index (χ3n) is 5.07. The van der Waals surface area contributed by atoms with Crippen LogP contribution in [0.5, 0.6) is 0 Å². The van der Waals surface area contributed by atoms with Gasteiger partial charge >= 0.3 is 0 Å². The lowest BCUT2D eigenvalue weighted by Crippen LogP contribution is -2.38. The fraction of sp³-hybridized carbons (Fsp3) is 0.474. The van der Waals surface area contributed by atoms with Crippen molar-refractivity contribution in [3.8, 4) is 0 Å². The minimum absolute atomic E-state index is 0.00446. The molecular weight excluding hydrogens is 302 g/mol. The van der Waals surface area contributed by atoms with Gasteiger partial charge in [-0.15, -0.1) is 0 Å². The van der Waals surface area contributed by atoms with Crippen LogP contribution in [0, 0.1) is 11.8 Å². The molecule has 2 aliphatic rings. The van der Waals surface area contributed by atoms with E-state index in [1.807, 2.05) is 23.1 Å². The maximum Gasteiger partial charge on any atom is 0.226 e. The molecule has 5 heteroatoms. The highest BCUT2D eigenvalue weighted by Gasteiger charge is 2.42. The largest absolute Gasteiger partial charge is 0.370 e. The molecule has 1 fully saturated rings. The Morgan fingerprint density at radius 2 is 2.08 bits per heavy atom. The van der Waals surface area contributed by atoms with Crippen LogP contribution in [0.15, 0.2) is 42.9 Å². The molecule has 0 saturated heterocycles. The van der Waals surface area contributed by atoms with Crippen molar-refractivity contribution >= 4 is 5.91 Å². The molecule has 126 valence electrons. The Morgan fingerprint density at radius 1 is 1.29 bits per heavy atom. The Morgan fingerprint density at radius 3 is 2.83 bits per heavy atom. The number of pyridine rings is 1. The summed E-state index contributed by atoms with van der Waals surface area (Å²) < 4.78 is 8.35. The Hall–Kier alpha value is -2.14. The van der Waals surface area contributed by atoms with E-state index in [9.17, 15) is 4.79 Å². The lowest BCUT2D eigenvalue weighted by molar-refractivity contribution is -0.135. The second-order valence-corrected chi connectivity index (χ2v) is 6.98. The van der Waals surface area contributed by atoms with Gasteiger partial charge in [0.05, 0.1) is 25.8 Å².